The van der Waals surface area contributed by atoms with E-state index in [0.717, 1.165) is 10.8 Å². The van der Waals surface area contributed by atoms with Crippen molar-refractivity contribution in [3.05, 3.63) is 107 Å². The second-order valence-electron chi connectivity index (χ2n) is 7.40. The monoisotopic (exact) mass is 443 g/mol. The minimum atomic E-state index is -0.716. The van der Waals surface area contributed by atoms with Crippen LogP contribution in [-0.2, 0) is 4.79 Å². The highest BCUT2D eigenvalue weighted by atomic mass is 35.5. The lowest BCUT2D eigenvalue weighted by atomic mass is 10.0. The van der Waals surface area contributed by atoms with Gasteiger partial charge in [-0.25, -0.2) is 0 Å². The molecule has 0 aliphatic carbocycles. The Bertz CT molecular complexity index is 1270. The molecule has 0 saturated carbocycles. The van der Waals surface area contributed by atoms with E-state index in [-0.39, 0.29) is 11.7 Å². The van der Waals surface area contributed by atoms with Crippen molar-refractivity contribution in [3.8, 4) is 5.75 Å². The molecule has 1 N–H and O–H groups in total. The molecule has 0 aliphatic rings. The Morgan fingerprint density at radius 1 is 0.875 bits per heavy atom. The van der Waals surface area contributed by atoms with Gasteiger partial charge >= 0.3 is 0 Å². The molecular weight excluding hydrogens is 422 g/mol. The number of ketones is 1. The van der Waals surface area contributed by atoms with Crippen molar-refractivity contribution in [3.63, 3.8) is 0 Å². The van der Waals surface area contributed by atoms with Crippen LogP contribution >= 0.6 is 11.6 Å². The number of ether oxygens (including phenoxy) is 1. The van der Waals surface area contributed by atoms with Crippen LogP contribution in [0.15, 0.2) is 91.0 Å². The van der Waals surface area contributed by atoms with Gasteiger partial charge in [0.2, 0.25) is 0 Å². The Kier molecular flexibility index (Phi) is 6.52. The molecule has 1 amide bonds. The zero-order valence-electron chi connectivity index (χ0n) is 17.5. The second-order valence-corrected chi connectivity index (χ2v) is 7.83. The zero-order chi connectivity index (χ0) is 22.5. The van der Waals surface area contributed by atoms with Gasteiger partial charge in [0.1, 0.15) is 5.75 Å². The highest BCUT2D eigenvalue weighted by Crippen LogP contribution is 2.26. The first-order valence-electron chi connectivity index (χ1n) is 10.4. The predicted molar refractivity (Wildman–Crippen MR) is 129 cm³/mol. The highest BCUT2D eigenvalue weighted by molar-refractivity contribution is 6.31. The quantitative estimate of drug-likeness (QED) is 0.331. The summed E-state index contributed by atoms with van der Waals surface area (Å²) in [5.41, 5.74) is 1.25. The lowest BCUT2D eigenvalue weighted by Crippen LogP contribution is -2.33. The van der Waals surface area contributed by atoms with E-state index in [4.69, 9.17) is 16.3 Å². The first kappa shape index (κ1) is 21.6. The van der Waals surface area contributed by atoms with Gasteiger partial charge in [0.05, 0.1) is 5.69 Å². The van der Waals surface area contributed by atoms with Crippen LogP contribution in [0, 0.1) is 0 Å². The fraction of sp³-hybridized carbons (Fsp3) is 0.111. The third-order valence-corrected chi connectivity index (χ3v) is 5.42. The Morgan fingerprint density at radius 2 is 1.59 bits per heavy atom. The minimum absolute atomic E-state index is 0.216. The molecule has 1 atom stereocenters. The number of anilines is 1. The molecule has 0 unspecified atom stereocenters. The summed E-state index contributed by atoms with van der Waals surface area (Å²) in [6.07, 6.45) is -0.250. The van der Waals surface area contributed by atoms with Gasteiger partial charge in [0.15, 0.2) is 11.9 Å². The maximum Gasteiger partial charge on any atom is 0.265 e. The minimum Gasteiger partial charge on any atom is -0.481 e. The van der Waals surface area contributed by atoms with E-state index in [1.165, 1.54) is 0 Å². The van der Waals surface area contributed by atoms with Crippen molar-refractivity contribution in [1.29, 1.82) is 0 Å². The molecule has 32 heavy (non-hydrogen) atoms. The third kappa shape index (κ3) is 4.82. The maximum atomic E-state index is 13.0. The number of carbonyl (C=O) groups excluding carboxylic acids is 2. The number of hydrogen-bond acceptors (Lipinski definition) is 3. The number of benzene rings is 4. The number of amides is 1. The van der Waals surface area contributed by atoms with Crippen molar-refractivity contribution >= 4 is 39.8 Å². The summed E-state index contributed by atoms with van der Waals surface area (Å²) in [7, 11) is 0. The van der Waals surface area contributed by atoms with Crippen LogP contribution in [0.4, 0.5) is 5.69 Å². The molecule has 4 aromatic carbocycles. The van der Waals surface area contributed by atoms with Gasteiger partial charge in [-0.1, -0.05) is 79.2 Å². The van der Waals surface area contributed by atoms with Crippen molar-refractivity contribution in [1.82, 2.24) is 0 Å². The normalized spacial score (nSPS) is 11.7. The molecule has 0 heterocycles. The summed E-state index contributed by atoms with van der Waals surface area (Å²) in [6.45, 7) is 1.88. The number of fused-ring (bicyclic) bond motifs is 1. The smallest absolute Gasteiger partial charge is 0.265 e. The Hall–Kier alpha value is -3.63. The Labute approximate surface area is 191 Å². The van der Waals surface area contributed by atoms with Gasteiger partial charge in [-0.05, 0) is 47.5 Å². The molecule has 0 spiro atoms. The number of halogens is 1. The largest absolute Gasteiger partial charge is 0.481 e. The van der Waals surface area contributed by atoms with Gasteiger partial charge in [0.25, 0.3) is 5.91 Å². The van der Waals surface area contributed by atoms with Gasteiger partial charge in [-0.15, -0.1) is 0 Å². The van der Waals surface area contributed by atoms with Gasteiger partial charge in [-0.3, -0.25) is 9.59 Å². The molecule has 4 rings (SSSR count). The number of nitrogens with one attached hydrogen (secondary N) is 1. The number of rotatable bonds is 7. The van der Waals surface area contributed by atoms with Crippen LogP contribution in [0.3, 0.4) is 0 Å². The fourth-order valence-corrected chi connectivity index (χ4v) is 3.67. The standard InChI is InChI=1S/C27H22ClNO3/c1-2-25(32-22-14-12-18-8-6-7-11-20(18)16-22)27(31)29-24-15-13-21(28)17-23(24)26(30)19-9-4-3-5-10-19/h3-17,25H,2H2,1H3,(H,29,31)/t25-/m0/s1. The van der Waals surface area contributed by atoms with Crippen LogP contribution in [-0.4, -0.2) is 17.8 Å². The summed E-state index contributed by atoms with van der Waals surface area (Å²) in [4.78, 5) is 26.0. The van der Waals surface area contributed by atoms with Gasteiger partial charge < -0.3 is 10.1 Å². The van der Waals surface area contributed by atoms with E-state index in [1.807, 2.05) is 55.5 Å². The van der Waals surface area contributed by atoms with E-state index >= 15 is 0 Å². The molecule has 0 saturated heterocycles. The molecule has 4 nitrogen and oxygen atoms in total. The van der Waals surface area contributed by atoms with E-state index in [9.17, 15) is 9.59 Å². The van der Waals surface area contributed by atoms with Crippen molar-refractivity contribution in [2.75, 3.05) is 5.32 Å². The lowest BCUT2D eigenvalue weighted by molar-refractivity contribution is -0.122. The Balaban J connectivity index is 1.56. The highest BCUT2D eigenvalue weighted by Gasteiger charge is 2.22. The molecular formula is C27H22ClNO3. The van der Waals surface area contributed by atoms with Crippen LogP contribution in [0.2, 0.25) is 5.02 Å². The molecule has 5 heteroatoms. The second kappa shape index (κ2) is 9.67. The zero-order valence-corrected chi connectivity index (χ0v) is 18.3. The topological polar surface area (TPSA) is 55.4 Å². The molecule has 160 valence electrons. The van der Waals surface area contributed by atoms with Gasteiger partial charge in [-0.2, -0.15) is 0 Å². The first-order chi connectivity index (χ1) is 15.5. The molecule has 0 radical (unpaired) electrons. The predicted octanol–water partition coefficient (Wildman–Crippen LogP) is 6.52. The van der Waals surface area contributed by atoms with Crippen LogP contribution in [0.1, 0.15) is 29.3 Å². The van der Waals surface area contributed by atoms with Crippen LogP contribution in [0.5, 0.6) is 5.75 Å². The number of hydrogen-bond donors (Lipinski definition) is 1. The average Bonchev–Trinajstić information content (AvgIpc) is 2.83. The third-order valence-electron chi connectivity index (χ3n) is 5.18. The lowest BCUT2D eigenvalue weighted by Gasteiger charge is -2.19. The summed E-state index contributed by atoms with van der Waals surface area (Å²) < 4.78 is 5.99. The summed E-state index contributed by atoms with van der Waals surface area (Å²) in [6, 6.07) is 27.4. The summed E-state index contributed by atoms with van der Waals surface area (Å²) >= 11 is 6.14. The fourth-order valence-electron chi connectivity index (χ4n) is 3.50. The molecule has 0 aliphatic heterocycles. The summed E-state index contributed by atoms with van der Waals surface area (Å²) in [5, 5.41) is 5.41. The van der Waals surface area contributed by atoms with E-state index in [1.54, 1.807) is 42.5 Å². The molecule has 0 bridgehead atoms. The first-order valence-corrected chi connectivity index (χ1v) is 10.8. The number of carbonyl (C=O) groups is 2. The molecule has 4 aromatic rings. The van der Waals surface area contributed by atoms with Crippen molar-refractivity contribution in [2.24, 2.45) is 0 Å². The molecule has 0 aromatic heterocycles. The SMILES string of the molecule is CC[C@H](Oc1ccc2ccccc2c1)C(=O)Nc1ccc(Cl)cc1C(=O)c1ccccc1. The maximum absolute atomic E-state index is 13.0. The van der Waals surface area contributed by atoms with Gasteiger partial charge in [0, 0.05) is 16.1 Å². The average molecular weight is 444 g/mol. The Morgan fingerprint density at radius 3 is 2.34 bits per heavy atom. The van der Waals surface area contributed by atoms with E-state index in [2.05, 4.69) is 5.32 Å². The molecule has 0 fully saturated rings. The van der Waals surface area contributed by atoms with Crippen molar-refractivity contribution in [2.45, 2.75) is 19.4 Å². The van der Waals surface area contributed by atoms with Crippen molar-refractivity contribution < 1.29 is 14.3 Å². The van der Waals surface area contributed by atoms with E-state index < -0.39 is 6.10 Å². The van der Waals surface area contributed by atoms with Crippen LogP contribution in [0.25, 0.3) is 10.8 Å². The summed E-state index contributed by atoms with van der Waals surface area (Å²) in [5.74, 6) is 0.0689. The van der Waals surface area contributed by atoms with Crippen LogP contribution < -0.4 is 10.1 Å². The van der Waals surface area contributed by atoms with E-state index in [0.29, 0.717) is 34.0 Å².